The highest BCUT2D eigenvalue weighted by Crippen LogP contribution is 2.45. The number of amides is 2. The number of hydrogen-bond acceptors (Lipinski definition) is 3. The van der Waals surface area contributed by atoms with Crippen molar-refractivity contribution in [2.24, 2.45) is 0 Å². The number of benzene rings is 3. The molecule has 0 spiro atoms. The second kappa shape index (κ2) is 6.42. The third-order valence-electron chi connectivity index (χ3n) is 6.35. The molecule has 32 heavy (non-hydrogen) atoms. The van der Waals surface area contributed by atoms with Gasteiger partial charge in [0.15, 0.2) is 0 Å². The van der Waals surface area contributed by atoms with Gasteiger partial charge in [0.25, 0.3) is 11.8 Å². The van der Waals surface area contributed by atoms with Gasteiger partial charge in [-0.25, -0.2) is 0 Å². The first-order valence-corrected chi connectivity index (χ1v) is 10.4. The van der Waals surface area contributed by atoms with Crippen molar-refractivity contribution in [1.29, 1.82) is 0 Å². The van der Waals surface area contributed by atoms with E-state index in [9.17, 15) is 14.8 Å². The minimum Gasteiger partial charge on any atom is -0.335 e. The second-order valence-electron chi connectivity index (χ2n) is 7.95. The Labute approximate surface area is 182 Å². The van der Waals surface area contributed by atoms with Gasteiger partial charge < -0.3 is 9.13 Å². The molecule has 0 fully saturated rings. The van der Waals surface area contributed by atoms with Crippen molar-refractivity contribution >= 4 is 55.4 Å². The molecule has 1 aliphatic heterocycles. The maximum atomic E-state index is 13.1. The Morgan fingerprint density at radius 3 is 1.53 bits per heavy atom. The number of rotatable bonds is 4. The lowest BCUT2D eigenvalue weighted by molar-refractivity contribution is -0.0325. The van der Waals surface area contributed by atoms with Crippen molar-refractivity contribution < 1.29 is 14.8 Å². The topological polar surface area (TPSA) is 67.5 Å². The highest BCUT2D eigenvalue weighted by Gasteiger charge is 2.41. The summed E-state index contributed by atoms with van der Waals surface area (Å²) in [7, 11) is 0. The summed E-state index contributed by atoms with van der Waals surface area (Å²) in [6.07, 6.45) is 3.63. The lowest BCUT2D eigenvalue weighted by Crippen LogP contribution is -2.25. The molecule has 5 aromatic rings. The molecule has 0 aliphatic carbocycles. The Hall–Kier alpha value is -4.16. The van der Waals surface area contributed by atoms with Crippen molar-refractivity contribution in [2.75, 3.05) is 0 Å². The summed E-state index contributed by atoms with van der Waals surface area (Å²) in [5.41, 5.74) is 4.05. The van der Waals surface area contributed by atoms with Crippen LogP contribution in [0.4, 0.5) is 0 Å². The van der Waals surface area contributed by atoms with Crippen LogP contribution < -0.4 is 0 Å². The van der Waals surface area contributed by atoms with E-state index in [1.54, 1.807) is 0 Å². The molecule has 0 unspecified atom stereocenters. The van der Waals surface area contributed by atoms with E-state index in [4.69, 9.17) is 0 Å². The standard InChI is InChI=1S/C26H19N3O3/c1-3-13-27-17-11-7-5-9-15(17)19-21-22(26(31)29(32)25(21)30)20-16-10-6-8-12-18(16)28(14-4-2)24(20)23(19)27/h3-12,32H,1-2,13-14H2. The number of carbonyl (C=O) groups excluding carboxylic acids is 2. The van der Waals surface area contributed by atoms with Crippen LogP contribution in [0.3, 0.4) is 0 Å². The summed E-state index contributed by atoms with van der Waals surface area (Å²) in [5, 5.41) is 13.7. The van der Waals surface area contributed by atoms with Crippen LogP contribution in [0.5, 0.6) is 0 Å². The van der Waals surface area contributed by atoms with Gasteiger partial charge in [-0.2, -0.15) is 0 Å². The fraction of sp³-hybridized carbons (Fsp3) is 0.0769. The number of hydrogen-bond donors (Lipinski definition) is 1. The van der Waals surface area contributed by atoms with E-state index >= 15 is 0 Å². The van der Waals surface area contributed by atoms with Crippen LogP contribution in [0.1, 0.15) is 20.7 Å². The number of carbonyl (C=O) groups is 2. The largest absolute Gasteiger partial charge is 0.335 e. The molecule has 6 heteroatoms. The molecule has 6 rings (SSSR count). The highest BCUT2D eigenvalue weighted by molar-refractivity contribution is 6.39. The zero-order valence-electron chi connectivity index (χ0n) is 17.2. The molecule has 3 heterocycles. The van der Waals surface area contributed by atoms with E-state index in [0.29, 0.717) is 23.9 Å². The molecule has 3 aromatic carbocycles. The first-order valence-electron chi connectivity index (χ1n) is 10.4. The molecule has 2 amide bonds. The number of allylic oxidation sites excluding steroid dienone is 2. The number of para-hydroxylation sites is 2. The third kappa shape index (κ3) is 2.07. The van der Waals surface area contributed by atoms with E-state index in [-0.39, 0.29) is 16.2 Å². The van der Waals surface area contributed by atoms with E-state index < -0.39 is 11.8 Å². The SMILES string of the molecule is C=CCn1c2ccccc2c2c3c(c4c5ccccc5n(CC=C)c4c21)C(=O)N(O)C3=O. The van der Waals surface area contributed by atoms with Crippen molar-refractivity contribution in [2.45, 2.75) is 13.1 Å². The Morgan fingerprint density at radius 1 is 0.719 bits per heavy atom. The van der Waals surface area contributed by atoms with Gasteiger partial charge in [0.05, 0.1) is 22.2 Å². The fourth-order valence-electron chi connectivity index (χ4n) is 5.22. The van der Waals surface area contributed by atoms with Crippen LogP contribution in [0.15, 0.2) is 73.8 Å². The normalized spacial score (nSPS) is 13.7. The summed E-state index contributed by atoms with van der Waals surface area (Å²) < 4.78 is 4.24. The first-order chi connectivity index (χ1) is 15.6. The summed E-state index contributed by atoms with van der Waals surface area (Å²) in [6.45, 7) is 8.91. The predicted molar refractivity (Wildman–Crippen MR) is 125 cm³/mol. The van der Waals surface area contributed by atoms with Crippen molar-refractivity contribution in [1.82, 2.24) is 14.2 Å². The molecule has 0 atom stereocenters. The third-order valence-corrected chi connectivity index (χ3v) is 6.35. The molecule has 0 bridgehead atoms. The molecule has 1 aliphatic rings. The lowest BCUT2D eigenvalue weighted by Gasteiger charge is -2.11. The van der Waals surface area contributed by atoms with Crippen LogP contribution in [0, 0.1) is 0 Å². The van der Waals surface area contributed by atoms with E-state index in [1.807, 2.05) is 60.7 Å². The average molecular weight is 421 g/mol. The molecule has 0 saturated carbocycles. The smallest absolute Gasteiger partial charge is 0.286 e. The van der Waals surface area contributed by atoms with Gasteiger partial charge in [-0.3, -0.25) is 14.8 Å². The maximum Gasteiger partial charge on any atom is 0.286 e. The van der Waals surface area contributed by atoms with Gasteiger partial charge in [0, 0.05) is 45.7 Å². The monoisotopic (exact) mass is 421 g/mol. The maximum absolute atomic E-state index is 13.1. The molecule has 2 aromatic heterocycles. The van der Waals surface area contributed by atoms with Crippen LogP contribution in [0.25, 0.3) is 43.6 Å². The van der Waals surface area contributed by atoms with Gasteiger partial charge in [0.1, 0.15) is 0 Å². The van der Waals surface area contributed by atoms with Gasteiger partial charge >= 0.3 is 0 Å². The van der Waals surface area contributed by atoms with Crippen LogP contribution in [-0.4, -0.2) is 31.2 Å². The number of aromatic nitrogens is 2. The molecular weight excluding hydrogens is 402 g/mol. The molecule has 1 N–H and O–H groups in total. The Morgan fingerprint density at radius 2 is 1.12 bits per heavy atom. The van der Waals surface area contributed by atoms with E-state index in [1.165, 1.54) is 0 Å². The number of fused-ring (bicyclic) bond motifs is 10. The van der Waals surface area contributed by atoms with Gasteiger partial charge in [0.2, 0.25) is 0 Å². The molecule has 156 valence electrons. The van der Waals surface area contributed by atoms with Crippen LogP contribution >= 0.6 is 0 Å². The minimum atomic E-state index is -0.695. The van der Waals surface area contributed by atoms with Crippen molar-refractivity contribution in [3.05, 3.63) is 85.0 Å². The highest BCUT2D eigenvalue weighted by atomic mass is 16.5. The number of imide groups is 1. The van der Waals surface area contributed by atoms with Crippen molar-refractivity contribution in [3.63, 3.8) is 0 Å². The minimum absolute atomic E-state index is 0.239. The molecule has 6 nitrogen and oxygen atoms in total. The Bertz CT molecular complexity index is 1550. The van der Waals surface area contributed by atoms with E-state index in [2.05, 4.69) is 22.3 Å². The second-order valence-corrected chi connectivity index (χ2v) is 7.95. The van der Waals surface area contributed by atoms with E-state index in [0.717, 1.165) is 32.8 Å². The zero-order valence-corrected chi connectivity index (χ0v) is 17.2. The summed E-state index contributed by atoms with van der Waals surface area (Å²) in [4.78, 5) is 26.3. The Kier molecular flexibility index (Phi) is 3.73. The van der Waals surface area contributed by atoms with Gasteiger partial charge in [-0.15, -0.1) is 18.2 Å². The van der Waals surface area contributed by atoms with Gasteiger partial charge in [-0.05, 0) is 12.1 Å². The van der Waals surface area contributed by atoms with Crippen molar-refractivity contribution in [3.8, 4) is 0 Å². The summed E-state index contributed by atoms with van der Waals surface area (Å²) in [6, 6.07) is 15.6. The average Bonchev–Trinajstić information content (AvgIpc) is 3.38. The number of hydroxylamine groups is 2. The lowest BCUT2D eigenvalue weighted by atomic mass is 9.96. The Balaban J connectivity index is 2.05. The summed E-state index contributed by atoms with van der Waals surface area (Å²) >= 11 is 0. The number of nitrogens with zero attached hydrogens (tertiary/aromatic N) is 3. The first kappa shape index (κ1) is 18.6. The summed E-state index contributed by atoms with van der Waals surface area (Å²) in [5.74, 6) is -1.39. The van der Waals surface area contributed by atoms with Crippen LogP contribution in [0.2, 0.25) is 0 Å². The quantitative estimate of drug-likeness (QED) is 0.245. The molecular formula is C26H19N3O3. The molecule has 0 saturated heterocycles. The van der Waals surface area contributed by atoms with Gasteiger partial charge in [-0.1, -0.05) is 48.6 Å². The fourth-order valence-corrected chi connectivity index (χ4v) is 5.22. The zero-order chi connectivity index (χ0) is 22.1. The molecule has 0 radical (unpaired) electrons. The predicted octanol–water partition coefficient (Wildman–Crippen LogP) is 5.26. The van der Waals surface area contributed by atoms with Crippen LogP contribution in [-0.2, 0) is 13.1 Å².